The van der Waals surface area contributed by atoms with Crippen LogP contribution in [0.4, 0.5) is 14.5 Å². The molecule has 3 N–H and O–H groups in total. The zero-order valence-corrected chi connectivity index (χ0v) is 10.7. The zero-order valence-electron chi connectivity index (χ0n) is 10.7. The molecule has 0 atom stereocenters. The lowest BCUT2D eigenvalue weighted by molar-refractivity contribution is 0.0945. The number of nitrogens with two attached hydrogens (primary N) is 1. The summed E-state index contributed by atoms with van der Waals surface area (Å²) in [6, 6.07) is 1.54. The van der Waals surface area contributed by atoms with Gasteiger partial charge in [0.1, 0.15) is 18.0 Å². The van der Waals surface area contributed by atoms with Gasteiger partial charge in [0.25, 0.3) is 5.91 Å². The number of amides is 1. The number of halogens is 2. The third-order valence-corrected chi connectivity index (χ3v) is 2.77. The molecule has 0 radical (unpaired) electrons. The summed E-state index contributed by atoms with van der Waals surface area (Å²) < 4.78 is 28.2. The molecule has 1 heterocycles. The Kier molecular flexibility index (Phi) is 3.92. The number of hydrogen-bond donors (Lipinski definition) is 2. The fraction of sp³-hybridized carbons (Fsp3) is 0.250. The number of nitrogen functional groups attached to an aromatic ring is 1. The SMILES string of the molecule is CCn1cnnc1CNC(=O)c1cc(N)c(F)cc1F. The first-order valence-corrected chi connectivity index (χ1v) is 5.92. The van der Waals surface area contributed by atoms with E-state index >= 15 is 0 Å². The molecule has 0 bridgehead atoms. The number of carbonyl (C=O) groups excluding carboxylic acids is 1. The van der Waals surface area contributed by atoms with Crippen LogP contribution in [0.3, 0.4) is 0 Å². The molecule has 0 spiro atoms. The number of nitrogens with one attached hydrogen (secondary N) is 1. The molecule has 2 rings (SSSR count). The Balaban J connectivity index is 2.11. The first kappa shape index (κ1) is 13.9. The van der Waals surface area contributed by atoms with Gasteiger partial charge in [0.05, 0.1) is 17.8 Å². The summed E-state index contributed by atoms with van der Waals surface area (Å²) in [7, 11) is 0. The second kappa shape index (κ2) is 5.64. The number of anilines is 1. The van der Waals surface area contributed by atoms with Gasteiger partial charge in [-0.05, 0) is 13.0 Å². The molecule has 2 aromatic rings. The number of hydrogen-bond acceptors (Lipinski definition) is 4. The summed E-state index contributed by atoms with van der Waals surface area (Å²) in [6.45, 7) is 2.63. The zero-order chi connectivity index (χ0) is 14.7. The Hall–Kier alpha value is -2.51. The maximum atomic E-state index is 13.5. The van der Waals surface area contributed by atoms with Crippen LogP contribution >= 0.6 is 0 Å². The van der Waals surface area contributed by atoms with Gasteiger partial charge in [0, 0.05) is 12.6 Å². The highest BCUT2D eigenvalue weighted by atomic mass is 19.1. The molecule has 1 aromatic heterocycles. The number of carbonyl (C=O) groups is 1. The Labute approximate surface area is 113 Å². The third kappa shape index (κ3) is 2.73. The van der Waals surface area contributed by atoms with Crippen LogP contribution in [-0.4, -0.2) is 20.7 Å². The quantitative estimate of drug-likeness (QED) is 0.821. The molecular formula is C12H13F2N5O. The number of aryl methyl sites for hydroxylation is 1. The maximum Gasteiger partial charge on any atom is 0.254 e. The van der Waals surface area contributed by atoms with Gasteiger partial charge in [-0.1, -0.05) is 0 Å². The van der Waals surface area contributed by atoms with Crippen molar-refractivity contribution < 1.29 is 13.6 Å². The summed E-state index contributed by atoms with van der Waals surface area (Å²) in [5.41, 5.74) is 4.72. The van der Waals surface area contributed by atoms with E-state index in [1.807, 2.05) is 6.92 Å². The Morgan fingerprint density at radius 3 is 2.85 bits per heavy atom. The second-order valence-corrected chi connectivity index (χ2v) is 4.07. The minimum Gasteiger partial charge on any atom is -0.396 e. The number of nitrogens with zero attached hydrogens (tertiary/aromatic N) is 3. The van der Waals surface area contributed by atoms with Gasteiger partial charge in [-0.15, -0.1) is 10.2 Å². The molecule has 20 heavy (non-hydrogen) atoms. The standard InChI is InChI=1S/C12H13F2N5O/c1-2-19-6-17-18-11(19)5-16-12(20)7-3-10(15)9(14)4-8(7)13/h3-4,6H,2,5,15H2,1H3,(H,16,20). The third-order valence-electron chi connectivity index (χ3n) is 2.77. The van der Waals surface area contributed by atoms with E-state index < -0.39 is 17.5 Å². The van der Waals surface area contributed by atoms with Gasteiger partial charge in [0.2, 0.25) is 0 Å². The number of benzene rings is 1. The normalized spacial score (nSPS) is 10.6. The van der Waals surface area contributed by atoms with Gasteiger partial charge in [-0.3, -0.25) is 4.79 Å². The van der Waals surface area contributed by atoms with E-state index in [9.17, 15) is 13.6 Å². The van der Waals surface area contributed by atoms with Gasteiger partial charge >= 0.3 is 0 Å². The first-order chi connectivity index (χ1) is 9.52. The van der Waals surface area contributed by atoms with Crippen molar-refractivity contribution in [3.63, 3.8) is 0 Å². The highest BCUT2D eigenvalue weighted by Gasteiger charge is 2.15. The van der Waals surface area contributed by atoms with Crippen molar-refractivity contribution in [2.24, 2.45) is 0 Å². The fourth-order valence-electron chi connectivity index (χ4n) is 1.67. The van der Waals surface area contributed by atoms with E-state index in [0.717, 1.165) is 6.07 Å². The van der Waals surface area contributed by atoms with Crippen molar-refractivity contribution in [1.29, 1.82) is 0 Å². The molecule has 0 aliphatic heterocycles. The van der Waals surface area contributed by atoms with Crippen molar-refractivity contribution >= 4 is 11.6 Å². The molecule has 0 unspecified atom stereocenters. The topological polar surface area (TPSA) is 85.8 Å². The molecule has 0 saturated carbocycles. The lowest BCUT2D eigenvalue weighted by atomic mass is 10.1. The average molecular weight is 281 g/mol. The Bertz CT molecular complexity index is 641. The van der Waals surface area contributed by atoms with E-state index in [4.69, 9.17) is 5.73 Å². The largest absolute Gasteiger partial charge is 0.396 e. The van der Waals surface area contributed by atoms with Crippen molar-refractivity contribution in [3.05, 3.63) is 41.5 Å². The van der Waals surface area contributed by atoms with Gasteiger partial charge < -0.3 is 15.6 Å². The van der Waals surface area contributed by atoms with Crippen LogP contribution in [0.5, 0.6) is 0 Å². The van der Waals surface area contributed by atoms with Gasteiger partial charge in [0.15, 0.2) is 5.82 Å². The van der Waals surface area contributed by atoms with Crippen LogP contribution in [-0.2, 0) is 13.1 Å². The van der Waals surface area contributed by atoms with Crippen molar-refractivity contribution in [3.8, 4) is 0 Å². The minimum atomic E-state index is -0.967. The lowest BCUT2D eigenvalue weighted by Crippen LogP contribution is -2.25. The first-order valence-electron chi connectivity index (χ1n) is 5.92. The fourth-order valence-corrected chi connectivity index (χ4v) is 1.67. The number of aromatic nitrogens is 3. The molecule has 0 fully saturated rings. The molecule has 1 amide bonds. The van der Waals surface area contributed by atoms with Crippen molar-refractivity contribution in [2.45, 2.75) is 20.0 Å². The molecule has 106 valence electrons. The summed E-state index contributed by atoms with van der Waals surface area (Å²) in [6.07, 6.45) is 1.53. The molecular weight excluding hydrogens is 268 g/mol. The minimum absolute atomic E-state index is 0.0867. The maximum absolute atomic E-state index is 13.5. The van der Waals surface area contributed by atoms with E-state index in [1.54, 1.807) is 4.57 Å². The van der Waals surface area contributed by atoms with Crippen LogP contribution in [0.2, 0.25) is 0 Å². The highest BCUT2D eigenvalue weighted by molar-refractivity contribution is 5.95. The monoisotopic (exact) mass is 281 g/mol. The molecule has 0 aliphatic rings. The van der Waals surface area contributed by atoms with Gasteiger partial charge in [-0.2, -0.15) is 0 Å². The van der Waals surface area contributed by atoms with E-state index in [-0.39, 0.29) is 17.8 Å². The van der Waals surface area contributed by atoms with E-state index in [0.29, 0.717) is 18.4 Å². The smallest absolute Gasteiger partial charge is 0.254 e. The summed E-state index contributed by atoms with van der Waals surface area (Å²) >= 11 is 0. The summed E-state index contributed by atoms with van der Waals surface area (Å²) in [4.78, 5) is 11.8. The highest BCUT2D eigenvalue weighted by Crippen LogP contribution is 2.16. The predicted octanol–water partition coefficient (Wildman–Crippen LogP) is 1.09. The van der Waals surface area contributed by atoms with Crippen molar-refractivity contribution in [1.82, 2.24) is 20.1 Å². The van der Waals surface area contributed by atoms with E-state index in [2.05, 4.69) is 15.5 Å². The van der Waals surface area contributed by atoms with Crippen LogP contribution in [0.25, 0.3) is 0 Å². The molecule has 8 heteroatoms. The predicted molar refractivity (Wildman–Crippen MR) is 67.6 cm³/mol. The van der Waals surface area contributed by atoms with Crippen LogP contribution in [0.15, 0.2) is 18.5 Å². The second-order valence-electron chi connectivity index (χ2n) is 4.07. The summed E-state index contributed by atoms with van der Waals surface area (Å²) in [5, 5.41) is 10.0. The number of rotatable bonds is 4. The van der Waals surface area contributed by atoms with E-state index in [1.165, 1.54) is 6.33 Å². The van der Waals surface area contributed by atoms with Crippen molar-refractivity contribution in [2.75, 3.05) is 5.73 Å². The molecule has 6 nitrogen and oxygen atoms in total. The van der Waals surface area contributed by atoms with Gasteiger partial charge in [-0.25, -0.2) is 8.78 Å². The van der Waals surface area contributed by atoms with Crippen LogP contribution in [0.1, 0.15) is 23.1 Å². The molecule has 1 aromatic carbocycles. The van der Waals surface area contributed by atoms with Crippen LogP contribution < -0.4 is 11.1 Å². The lowest BCUT2D eigenvalue weighted by Gasteiger charge is -2.08. The average Bonchev–Trinajstić information content (AvgIpc) is 2.87. The Morgan fingerprint density at radius 1 is 1.40 bits per heavy atom. The Morgan fingerprint density at radius 2 is 2.15 bits per heavy atom. The summed E-state index contributed by atoms with van der Waals surface area (Å²) in [5.74, 6) is -2.02. The molecule has 0 aliphatic carbocycles. The molecule has 0 saturated heterocycles. The van der Waals surface area contributed by atoms with Crippen LogP contribution in [0, 0.1) is 11.6 Å².